The van der Waals surface area contributed by atoms with E-state index in [0.29, 0.717) is 6.10 Å². The Labute approximate surface area is 122 Å². The number of aromatic nitrogens is 2. The highest BCUT2D eigenvalue weighted by Crippen LogP contribution is 2.22. The molecule has 1 fully saturated rings. The minimum absolute atomic E-state index is 0.309. The molecule has 1 N–H and O–H groups in total. The highest BCUT2D eigenvalue weighted by Gasteiger charge is 2.19. The lowest BCUT2D eigenvalue weighted by molar-refractivity contribution is 0.110. The molecule has 5 heteroatoms. The molecule has 1 aliphatic heterocycles. The van der Waals surface area contributed by atoms with E-state index in [2.05, 4.69) is 39.8 Å². The number of nitrogens with zero attached hydrogens (tertiary/aromatic N) is 2. The zero-order chi connectivity index (χ0) is 13.0. The molecule has 1 aliphatic rings. The van der Waals surface area contributed by atoms with E-state index in [1.807, 2.05) is 7.05 Å². The first-order valence-electron chi connectivity index (χ1n) is 6.59. The molecule has 0 amide bonds. The summed E-state index contributed by atoms with van der Waals surface area (Å²) in [6.45, 7) is 3.06. The maximum absolute atomic E-state index is 5.66. The van der Waals surface area contributed by atoms with Gasteiger partial charge in [0, 0.05) is 20.1 Å². The Balaban J connectivity index is 2.20. The van der Waals surface area contributed by atoms with Crippen molar-refractivity contribution in [3.8, 4) is 0 Å². The maximum Gasteiger partial charge on any atom is 0.143 e. The standard InChI is InChI=1S/C13H20IN3O/c1-3-5-10-12(14)13(15-2)17-11(16-10)8-9-6-4-7-18-9/h9H,3-8H2,1-2H3,(H,15,16,17). The van der Waals surface area contributed by atoms with Crippen LogP contribution in [0.1, 0.15) is 37.7 Å². The lowest BCUT2D eigenvalue weighted by atomic mass is 10.1. The van der Waals surface area contributed by atoms with Crippen LogP contribution in [0.5, 0.6) is 0 Å². The first kappa shape index (κ1) is 14.0. The second-order valence-electron chi connectivity index (χ2n) is 4.59. The molecule has 0 radical (unpaired) electrons. The average molecular weight is 361 g/mol. The fourth-order valence-electron chi connectivity index (χ4n) is 2.21. The topological polar surface area (TPSA) is 47.0 Å². The van der Waals surface area contributed by atoms with Crippen molar-refractivity contribution in [3.63, 3.8) is 0 Å². The number of anilines is 1. The molecule has 4 nitrogen and oxygen atoms in total. The molecular weight excluding hydrogens is 341 g/mol. The molecule has 1 aromatic rings. The first-order valence-corrected chi connectivity index (χ1v) is 7.67. The van der Waals surface area contributed by atoms with Crippen molar-refractivity contribution >= 4 is 28.4 Å². The highest BCUT2D eigenvalue weighted by molar-refractivity contribution is 14.1. The summed E-state index contributed by atoms with van der Waals surface area (Å²) in [6, 6.07) is 0. The summed E-state index contributed by atoms with van der Waals surface area (Å²) in [5.74, 6) is 1.86. The van der Waals surface area contributed by atoms with Crippen LogP contribution in [0.4, 0.5) is 5.82 Å². The molecule has 2 rings (SSSR count). The average Bonchev–Trinajstić information content (AvgIpc) is 2.86. The van der Waals surface area contributed by atoms with Gasteiger partial charge in [0.25, 0.3) is 0 Å². The van der Waals surface area contributed by atoms with Crippen molar-refractivity contribution in [2.24, 2.45) is 0 Å². The van der Waals surface area contributed by atoms with E-state index in [9.17, 15) is 0 Å². The molecular formula is C13H20IN3O. The second-order valence-corrected chi connectivity index (χ2v) is 5.67. The van der Waals surface area contributed by atoms with Gasteiger partial charge in [0.05, 0.1) is 15.4 Å². The van der Waals surface area contributed by atoms with Gasteiger partial charge in [-0.05, 0) is 41.9 Å². The van der Waals surface area contributed by atoms with E-state index in [1.54, 1.807) is 0 Å². The number of hydrogen-bond donors (Lipinski definition) is 1. The molecule has 1 atom stereocenters. The summed E-state index contributed by atoms with van der Waals surface area (Å²) < 4.78 is 6.80. The fourth-order valence-corrected chi connectivity index (χ4v) is 2.99. The van der Waals surface area contributed by atoms with E-state index in [0.717, 1.165) is 59.6 Å². The maximum atomic E-state index is 5.66. The molecule has 0 aromatic carbocycles. The summed E-state index contributed by atoms with van der Waals surface area (Å²) in [5, 5.41) is 3.16. The summed E-state index contributed by atoms with van der Waals surface area (Å²) in [6.07, 6.45) is 5.55. The number of nitrogens with one attached hydrogen (secondary N) is 1. The van der Waals surface area contributed by atoms with Gasteiger partial charge in [-0.25, -0.2) is 9.97 Å². The SMILES string of the molecule is CCCc1nc(CC2CCCO2)nc(NC)c1I. The molecule has 0 aliphatic carbocycles. The Morgan fingerprint density at radius 2 is 2.28 bits per heavy atom. The Hall–Kier alpha value is -0.430. The molecule has 0 bridgehead atoms. The van der Waals surface area contributed by atoms with Gasteiger partial charge in [-0.1, -0.05) is 13.3 Å². The van der Waals surface area contributed by atoms with E-state index in [4.69, 9.17) is 9.72 Å². The van der Waals surface area contributed by atoms with Gasteiger partial charge in [-0.15, -0.1) is 0 Å². The van der Waals surface area contributed by atoms with Crippen LogP contribution in [0, 0.1) is 3.57 Å². The van der Waals surface area contributed by atoms with Crippen molar-refractivity contribution in [2.75, 3.05) is 19.0 Å². The normalized spacial score (nSPS) is 19.2. The van der Waals surface area contributed by atoms with Crippen LogP contribution >= 0.6 is 22.6 Å². The molecule has 1 aromatic heterocycles. The third kappa shape index (κ3) is 3.32. The molecule has 0 saturated carbocycles. The zero-order valence-corrected chi connectivity index (χ0v) is 13.2. The Morgan fingerprint density at radius 1 is 1.44 bits per heavy atom. The van der Waals surface area contributed by atoms with Crippen molar-refractivity contribution < 1.29 is 4.74 Å². The van der Waals surface area contributed by atoms with Crippen LogP contribution in [-0.4, -0.2) is 29.7 Å². The molecule has 100 valence electrons. The predicted molar refractivity (Wildman–Crippen MR) is 81.0 cm³/mol. The van der Waals surface area contributed by atoms with E-state index in [1.165, 1.54) is 0 Å². The largest absolute Gasteiger partial charge is 0.378 e. The lowest BCUT2D eigenvalue weighted by Crippen LogP contribution is -2.14. The van der Waals surface area contributed by atoms with Crippen molar-refractivity contribution in [1.29, 1.82) is 0 Å². The number of aryl methyl sites for hydroxylation is 1. The third-order valence-electron chi connectivity index (χ3n) is 3.12. The number of halogens is 1. The van der Waals surface area contributed by atoms with Gasteiger partial charge in [-0.2, -0.15) is 0 Å². The lowest BCUT2D eigenvalue weighted by Gasteiger charge is -2.13. The van der Waals surface area contributed by atoms with E-state index < -0.39 is 0 Å². The highest BCUT2D eigenvalue weighted by atomic mass is 127. The van der Waals surface area contributed by atoms with Crippen molar-refractivity contribution in [2.45, 2.75) is 45.1 Å². The van der Waals surface area contributed by atoms with Crippen LogP contribution in [0.25, 0.3) is 0 Å². The zero-order valence-electron chi connectivity index (χ0n) is 11.0. The van der Waals surface area contributed by atoms with Gasteiger partial charge in [0.1, 0.15) is 11.6 Å². The molecule has 18 heavy (non-hydrogen) atoms. The second kappa shape index (κ2) is 6.65. The van der Waals surface area contributed by atoms with Crippen LogP contribution in [0.3, 0.4) is 0 Å². The smallest absolute Gasteiger partial charge is 0.143 e. The summed E-state index contributed by atoms with van der Waals surface area (Å²) in [4.78, 5) is 9.28. The molecule has 0 spiro atoms. The van der Waals surface area contributed by atoms with Crippen molar-refractivity contribution in [3.05, 3.63) is 15.1 Å². The summed E-state index contributed by atoms with van der Waals surface area (Å²) in [5.41, 5.74) is 1.16. The van der Waals surface area contributed by atoms with Gasteiger partial charge in [0.2, 0.25) is 0 Å². The van der Waals surface area contributed by atoms with E-state index in [-0.39, 0.29) is 0 Å². The Kier molecular flexibility index (Phi) is 5.17. The number of ether oxygens (including phenoxy) is 1. The fraction of sp³-hybridized carbons (Fsp3) is 0.692. The van der Waals surface area contributed by atoms with Gasteiger partial charge in [0.15, 0.2) is 0 Å². The number of rotatable bonds is 5. The minimum atomic E-state index is 0.309. The van der Waals surface area contributed by atoms with Crippen LogP contribution in [0.15, 0.2) is 0 Å². The molecule has 1 saturated heterocycles. The minimum Gasteiger partial charge on any atom is -0.378 e. The molecule has 1 unspecified atom stereocenters. The summed E-state index contributed by atoms with van der Waals surface area (Å²) in [7, 11) is 1.91. The van der Waals surface area contributed by atoms with Crippen LogP contribution < -0.4 is 5.32 Å². The Morgan fingerprint density at radius 3 is 2.89 bits per heavy atom. The van der Waals surface area contributed by atoms with Crippen molar-refractivity contribution in [1.82, 2.24) is 9.97 Å². The predicted octanol–water partition coefficient (Wildman–Crippen LogP) is 2.80. The Bertz CT molecular complexity index is 405. The van der Waals surface area contributed by atoms with E-state index >= 15 is 0 Å². The summed E-state index contributed by atoms with van der Waals surface area (Å²) >= 11 is 2.33. The van der Waals surface area contributed by atoms with Gasteiger partial charge in [-0.3, -0.25) is 0 Å². The van der Waals surface area contributed by atoms with Crippen LogP contribution in [-0.2, 0) is 17.6 Å². The first-order chi connectivity index (χ1) is 8.74. The third-order valence-corrected chi connectivity index (χ3v) is 4.26. The van der Waals surface area contributed by atoms with Crippen LogP contribution in [0.2, 0.25) is 0 Å². The van der Waals surface area contributed by atoms with Gasteiger partial charge < -0.3 is 10.1 Å². The molecule has 2 heterocycles. The quantitative estimate of drug-likeness (QED) is 0.820. The monoisotopic (exact) mass is 361 g/mol. The number of hydrogen-bond acceptors (Lipinski definition) is 4. The van der Waals surface area contributed by atoms with Gasteiger partial charge >= 0.3 is 0 Å².